The van der Waals surface area contributed by atoms with Crippen LogP contribution < -0.4 is 9.47 Å². The maximum Gasteiger partial charge on any atom is 0.280 e. The third-order valence-electron chi connectivity index (χ3n) is 3.87. The quantitative estimate of drug-likeness (QED) is 0.375. The minimum atomic E-state index is -2.92. The monoisotopic (exact) mass is 462 g/mol. The molecule has 0 aliphatic carbocycles. The first-order chi connectivity index (χ1) is 17.1. The number of para-hydroxylation sites is 2. The summed E-state index contributed by atoms with van der Waals surface area (Å²) >= 11 is 6.06. The van der Waals surface area contributed by atoms with Gasteiger partial charge in [-0.25, -0.2) is 0 Å². The lowest BCUT2D eigenvalue weighted by Crippen LogP contribution is -2.25. The Morgan fingerprint density at radius 2 is 1.75 bits per heavy atom. The predicted molar refractivity (Wildman–Crippen MR) is 113 cm³/mol. The lowest BCUT2D eigenvalue weighted by atomic mass is 10.1. The van der Waals surface area contributed by atoms with Crippen LogP contribution in [0.4, 0.5) is 4.39 Å². The largest absolute Gasteiger partial charge is 0.470 e. The molecule has 0 unspecified atom stereocenters. The van der Waals surface area contributed by atoms with Crippen molar-refractivity contribution in [2.75, 3.05) is 20.2 Å². The molecule has 32 heavy (non-hydrogen) atoms. The number of aromatic nitrogens is 2. The number of halogens is 2. The van der Waals surface area contributed by atoms with Gasteiger partial charge in [0, 0.05) is 0 Å². The van der Waals surface area contributed by atoms with Crippen molar-refractivity contribution in [2.24, 2.45) is 10.3 Å². The zero-order valence-corrected chi connectivity index (χ0v) is 17.0. The highest BCUT2D eigenvalue weighted by molar-refractivity contribution is 6.45. The van der Waals surface area contributed by atoms with Gasteiger partial charge in [0.15, 0.2) is 12.3 Å². The Labute approximate surface area is 192 Å². The van der Waals surface area contributed by atoms with Crippen LogP contribution in [-0.2, 0) is 14.4 Å². The third kappa shape index (κ3) is 4.70. The molecule has 0 spiro atoms. The van der Waals surface area contributed by atoms with E-state index in [-0.39, 0.29) is 27.8 Å². The molecule has 0 N–H and O–H groups in total. The lowest BCUT2D eigenvalue weighted by molar-refractivity contribution is 0.0672. The van der Waals surface area contributed by atoms with Gasteiger partial charge in [-0.1, -0.05) is 41.0 Å². The van der Waals surface area contributed by atoms with Gasteiger partial charge in [0.1, 0.15) is 31.5 Å². The second kappa shape index (κ2) is 9.92. The van der Waals surface area contributed by atoms with Gasteiger partial charge in [0.2, 0.25) is 5.82 Å². The van der Waals surface area contributed by atoms with E-state index in [1.807, 2.05) is 0 Å². The van der Waals surface area contributed by atoms with E-state index in [1.54, 1.807) is 30.3 Å². The first kappa shape index (κ1) is 16.7. The number of ether oxygens (including phenoxy) is 3. The molecule has 0 saturated carbocycles. The first-order valence-electron chi connectivity index (χ1n) is 10.9. The number of hydrogen-bond acceptors (Lipinski definition) is 9. The number of hydrogen-bond donors (Lipinski definition) is 0. The molecule has 1 aliphatic rings. The second-order valence-corrected chi connectivity index (χ2v) is 6.25. The minimum absolute atomic E-state index is 0.0185. The van der Waals surface area contributed by atoms with E-state index in [0.717, 1.165) is 6.33 Å². The van der Waals surface area contributed by atoms with Crippen molar-refractivity contribution in [3.63, 3.8) is 0 Å². The van der Waals surface area contributed by atoms with E-state index >= 15 is 4.39 Å². The van der Waals surface area contributed by atoms with Gasteiger partial charge in [-0.2, -0.15) is 14.4 Å². The van der Waals surface area contributed by atoms with Crippen molar-refractivity contribution in [1.29, 1.82) is 0 Å². The van der Waals surface area contributed by atoms with Crippen LogP contribution >= 0.6 is 11.6 Å². The van der Waals surface area contributed by atoms with Gasteiger partial charge < -0.3 is 23.9 Å². The summed E-state index contributed by atoms with van der Waals surface area (Å²) in [7, 11) is 1.21. The fourth-order valence-electron chi connectivity index (χ4n) is 2.52. The maximum absolute atomic E-state index is 15.2. The Kier molecular flexibility index (Phi) is 5.19. The third-order valence-corrected chi connectivity index (χ3v) is 4.18. The Bertz CT molecular complexity index is 1350. The maximum atomic E-state index is 15.2. The number of benzene rings is 2. The molecule has 0 fully saturated rings. The summed E-state index contributed by atoms with van der Waals surface area (Å²) in [6, 6.07) is 12.5. The van der Waals surface area contributed by atoms with Gasteiger partial charge >= 0.3 is 0 Å². The van der Waals surface area contributed by atoms with E-state index < -0.39 is 36.6 Å². The molecule has 164 valence electrons. The zero-order chi connectivity index (χ0) is 25.9. The van der Waals surface area contributed by atoms with Crippen molar-refractivity contribution >= 4 is 23.2 Å². The molecule has 0 amide bonds. The van der Waals surface area contributed by atoms with Gasteiger partial charge in [0.05, 0.1) is 16.1 Å². The summed E-state index contributed by atoms with van der Waals surface area (Å²) in [4.78, 5) is 17.1. The summed E-state index contributed by atoms with van der Waals surface area (Å²) in [5.41, 5.74) is -0.124. The topological polar surface area (TPSA) is 96.7 Å². The average Bonchev–Trinajstić information content (AvgIpc) is 2.84. The van der Waals surface area contributed by atoms with E-state index in [2.05, 4.69) is 25.1 Å². The van der Waals surface area contributed by atoms with Crippen LogP contribution in [0.25, 0.3) is 0 Å². The smallest absolute Gasteiger partial charge is 0.280 e. The molecule has 0 atom stereocenters. The molecule has 11 heteroatoms. The van der Waals surface area contributed by atoms with Crippen LogP contribution in [0.5, 0.6) is 23.3 Å². The molecule has 3 aromatic rings. The standard InChI is InChI=1S/C21H16ClFN4O5/c1-28-26-18(21-27-30-11-10-29-21)13-6-2-4-8-15(13)31-19-17(23)20(25-12-24-19)32-16-9-5-3-7-14(16)22/h2-9,12H,10-11H2,1H3/b26-18+/i10D2,11D2. The van der Waals surface area contributed by atoms with Crippen molar-refractivity contribution in [3.8, 4) is 23.3 Å². The zero-order valence-electron chi connectivity index (χ0n) is 20.3. The fraction of sp³-hybridized carbons (Fsp3) is 0.143. The van der Waals surface area contributed by atoms with Gasteiger partial charge in [-0.05, 0) is 29.4 Å². The fourth-order valence-corrected chi connectivity index (χ4v) is 2.70. The van der Waals surface area contributed by atoms with Crippen LogP contribution in [-0.4, -0.2) is 41.8 Å². The van der Waals surface area contributed by atoms with Gasteiger partial charge in [-0.15, -0.1) is 0 Å². The van der Waals surface area contributed by atoms with Crippen molar-refractivity contribution < 1.29 is 33.8 Å². The van der Waals surface area contributed by atoms with Gasteiger partial charge in [-0.3, -0.25) is 0 Å². The number of rotatable bonds is 7. The van der Waals surface area contributed by atoms with E-state index in [9.17, 15) is 0 Å². The summed E-state index contributed by atoms with van der Waals surface area (Å²) in [5.74, 6) is -2.38. The Morgan fingerprint density at radius 1 is 1.06 bits per heavy atom. The summed E-state index contributed by atoms with van der Waals surface area (Å²) < 4.78 is 62.0. The molecule has 1 aromatic heterocycles. The molecule has 4 rings (SSSR count). The Balaban J connectivity index is 1.68. The summed E-state index contributed by atoms with van der Waals surface area (Å²) in [6.07, 6.45) is 1.02. The van der Waals surface area contributed by atoms with Crippen molar-refractivity contribution in [2.45, 2.75) is 0 Å². The van der Waals surface area contributed by atoms with Crippen LogP contribution in [0.2, 0.25) is 5.02 Å². The van der Waals surface area contributed by atoms with Crippen LogP contribution in [0.1, 0.15) is 11.0 Å². The molecule has 1 aliphatic heterocycles. The normalized spacial score (nSPS) is 18.5. The highest BCUT2D eigenvalue weighted by Gasteiger charge is 2.24. The second-order valence-electron chi connectivity index (χ2n) is 5.85. The number of nitrogens with zero attached hydrogens (tertiary/aromatic N) is 4. The highest BCUT2D eigenvalue weighted by Crippen LogP contribution is 2.33. The van der Waals surface area contributed by atoms with Gasteiger partial charge in [0.25, 0.3) is 17.7 Å². The first-order valence-corrected chi connectivity index (χ1v) is 9.27. The Morgan fingerprint density at radius 3 is 2.47 bits per heavy atom. The lowest BCUT2D eigenvalue weighted by Gasteiger charge is -2.17. The Hall–Kier alpha value is -3.92. The molecular weight excluding hydrogens is 443 g/mol. The molecular formula is C21H16ClFN4O5. The molecule has 2 heterocycles. The minimum Gasteiger partial charge on any atom is -0.470 e. The average molecular weight is 463 g/mol. The highest BCUT2D eigenvalue weighted by atomic mass is 35.5. The van der Waals surface area contributed by atoms with E-state index in [1.165, 1.54) is 25.3 Å². The van der Waals surface area contributed by atoms with Crippen LogP contribution in [0, 0.1) is 5.82 Å². The predicted octanol–water partition coefficient (Wildman–Crippen LogP) is 4.56. The molecule has 9 nitrogen and oxygen atoms in total. The summed E-state index contributed by atoms with van der Waals surface area (Å²) in [5, 5.41) is 7.51. The van der Waals surface area contributed by atoms with Crippen molar-refractivity contribution in [1.82, 2.24) is 9.97 Å². The van der Waals surface area contributed by atoms with E-state index in [4.69, 9.17) is 36.1 Å². The van der Waals surface area contributed by atoms with Crippen LogP contribution in [0.3, 0.4) is 0 Å². The molecule has 0 bridgehead atoms. The van der Waals surface area contributed by atoms with Crippen molar-refractivity contribution in [3.05, 3.63) is 71.3 Å². The molecule has 0 saturated heterocycles. The molecule has 0 radical (unpaired) electrons. The van der Waals surface area contributed by atoms with Crippen LogP contribution in [0.15, 0.2) is 65.2 Å². The summed E-state index contributed by atoms with van der Waals surface area (Å²) in [6.45, 7) is -5.79. The van der Waals surface area contributed by atoms with E-state index in [0.29, 0.717) is 0 Å². The molecule has 2 aromatic carbocycles. The SMILES string of the molecule is [2H]C1([2H])ON=C(/C(=N/OC)c2ccccc2Oc2ncnc(Oc3ccccc3Cl)c2F)OC1([2H])[2H]. The number of oxime groups is 2.